The molecule has 162 valence electrons. The third-order valence-corrected chi connectivity index (χ3v) is 4.39. The fourth-order valence-corrected chi connectivity index (χ4v) is 2.86. The molecule has 0 fully saturated rings. The van der Waals surface area contributed by atoms with Gasteiger partial charge >= 0.3 is 12.0 Å². The number of hydrogen-bond acceptors (Lipinski definition) is 4. The number of alkyl halides is 2. The van der Waals surface area contributed by atoms with Gasteiger partial charge < -0.3 is 15.4 Å². The molecule has 1 aliphatic rings. The third kappa shape index (κ3) is 4.50. The maximum atomic E-state index is 14.3. The first-order valence-electron chi connectivity index (χ1n) is 9.34. The first-order chi connectivity index (χ1) is 14.1. The average Bonchev–Trinajstić information content (AvgIpc) is 2.72. The van der Waals surface area contributed by atoms with Crippen molar-refractivity contribution in [2.75, 3.05) is 19.8 Å². The minimum absolute atomic E-state index is 0.0376. The number of halogens is 3. The van der Waals surface area contributed by atoms with Gasteiger partial charge in [-0.1, -0.05) is 38.1 Å². The summed E-state index contributed by atoms with van der Waals surface area (Å²) in [5.74, 6) is -5.82. The van der Waals surface area contributed by atoms with E-state index in [0.29, 0.717) is 5.56 Å². The highest BCUT2D eigenvalue weighted by molar-refractivity contribution is 5.84. The molecule has 2 aromatic rings. The van der Waals surface area contributed by atoms with E-state index >= 15 is 0 Å². The molecule has 30 heavy (non-hydrogen) atoms. The first kappa shape index (κ1) is 23.1. The number of amides is 2. The summed E-state index contributed by atoms with van der Waals surface area (Å²) in [6, 6.07) is 7.90. The molecule has 1 heterocycles. The van der Waals surface area contributed by atoms with Gasteiger partial charge in [0.1, 0.15) is 5.75 Å². The molecule has 0 aliphatic carbocycles. The van der Waals surface area contributed by atoms with Gasteiger partial charge in [-0.3, -0.25) is 9.69 Å². The van der Waals surface area contributed by atoms with Crippen LogP contribution in [0.2, 0.25) is 0 Å². The van der Waals surface area contributed by atoms with Crippen molar-refractivity contribution in [2.24, 2.45) is 0 Å². The highest BCUT2D eigenvalue weighted by atomic mass is 19.3. The normalized spacial score (nSPS) is 13.0. The quantitative estimate of drug-likeness (QED) is 0.751. The molecule has 3 rings (SSSR count). The largest absolute Gasteiger partial charge is 0.415 e. The van der Waals surface area contributed by atoms with E-state index in [1.165, 1.54) is 37.2 Å². The lowest BCUT2D eigenvalue weighted by atomic mass is 10.0. The molecule has 0 radical (unpaired) electrons. The zero-order valence-electron chi connectivity index (χ0n) is 17.2. The van der Waals surface area contributed by atoms with Gasteiger partial charge in [0.2, 0.25) is 0 Å². The van der Waals surface area contributed by atoms with Crippen molar-refractivity contribution >= 4 is 17.7 Å². The molecule has 0 atom stereocenters. The van der Waals surface area contributed by atoms with E-state index in [1.54, 1.807) is 6.07 Å². The molecule has 2 aromatic carbocycles. The number of nitrogens with two attached hydrogens (primary N) is 1. The monoisotopic (exact) mass is 423 g/mol. The van der Waals surface area contributed by atoms with Crippen molar-refractivity contribution in [2.45, 2.75) is 32.9 Å². The summed E-state index contributed by atoms with van der Waals surface area (Å²) < 4.78 is 47.9. The van der Waals surface area contributed by atoms with E-state index in [0.717, 1.165) is 17.0 Å². The maximum Gasteiger partial charge on any atom is 0.415 e. The molecule has 0 saturated carbocycles. The van der Waals surface area contributed by atoms with Gasteiger partial charge in [-0.15, -0.1) is 0 Å². The van der Waals surface area contributed by atoms with Gasteiger partial charge in [-0.05, 0) is 12.1 Å². The summed E-state index contributed by atoms with van der Waals surface area (Å²) in [4.78, 5) is 26.0. The Balaban J connectivity index is 0.00000155. The topological polar surface area (TPSA) is 75.9 Å². The molecule has 0 aromatic heterocycles. The number of carbonyl (C=O) groups is 2. The van der Waals surface area contributed by atoms with Gasteiger partial charge in [0, 0.05) is 30.8 Å². The van der Waals surface area contributed by atoms with Crippen LogP contribution in [-0.2, 0) is 23.8 Å². The Hall–Kier alpha value is -3.23. The smallest absolute Gasteiger partial charge is 0.410 e. The van der Waals surface area contributed by atoms with E-state index < -0.39 is 29.3 Å². The van der Waals surface area contributed by atoms with Crippen LogP contribution in [0.1, 0.15) is 30.5 Å². The standard InChI is InChI=1S/C19H18F3N3O3.C2H6/c1-24(2)17(26)19(21,22)13-7-6-11-9-25(18(27)28-15(11)8-13)10-12-4-3-5-14(23)16(12)20;1-2/h3-8H,9-10,23H2,1-2H3;1-2H3. The van der Waals surface area contributed by atoms with Crippen LogP contribution in [0.25, 0.3) is 0 Å². The van der Waals surface area contributed by atoms with E-state index in [1.807, 2.05) is 13.8 Å². The Morgan fingerprint density at radius 3 is 2.53 bits per heavy atom. The molecule has 9 heteroatoms. The molecule has 0 spiro atoms. The molecule has 6 nitrogen and oxygen atoms in total. The number of anilines is 1. The number of nitrogens with zero attached hydrogens (tertiary/aromatic N) is 2. The van der Waals surface area contributed by atoms with Gasteiger partial charge in [0.15, 0.2) is 5.82 Å². The van der Waals surface area contributed by atoms with Crippen molar-refractivity contribution in [1.29, 1.82) is 0 Å². The van der Waals surface area contributed by atoms with Crippen molar-refractivity contribution in [1.82, 2.24) is 9.80 Å². The van der Waals surface area contributed by atoms with Crippen LogP contribution < -0.4 is 10.5 Å². The summed E-state index contributed by atoms with van der Waals surface area (Å²) in [6.07, 6.45) is -0.811. The van der Waals surface area contributed by atoms with Crippen LogP contribution in [0, 0.1) is 5.82 Å². The molecular weight excluding hydrogens is 399 g/mol. The van der Waals surface area contributed by atoms with E-state index in [4.69, 9.17) is 10.5 Å². The van der Waals surface area contributed by atoms with Gasteiger partial charge in [-0.25, -0.2) is 9.18 Å². The minimum Gasteiger partial charge on any atom is -0.410 e. The van der Waals surface area contributed by atoms with Gasteiger partial charge in [0.25, 0.3) is 5.91 Å². The van der Waals surface area contributed by atoms with Gasteiger partial charge in [-0.2, -0.15) is 8.78 Å². The summed E-state index contributed by atoms with van der Waals surface area (Å²) in [5, 5.41) is 0. The second-order valence-electron chi connectivity index (χ2n) is 6.64. The highest BCUT2D eigenvalue weighted by Crippen LogP contribution is 2.36. The summed E-state index contributed by atoms with van der Waals surface area (Å²) in [7, 11) is 2.45. The molecule has 0 saturated heterocycles. The number of fused-ring (bicyclic) bond motifs is 1. The van der Waals surface area contributed by atoms with Crippen LogP contribution in [0.3, 0.4) is 0 Å². The Morgan fingerprint density at radius 1 is 1.23 bits per heavy atom. The zero-order valence-corrected chi connectivity index (χ0v) is 17.2. The Morgan fingerprint density at radius 2 is 1.90 bits per heavy atom. The molecule has 2 amide bonds. The lowest BCUT2D eigenvalue weighted by Gasteiger charge is -2.29. The zero-order chi connectivity index (χ0) is 22.6. The Labute approximate surface area is 173 Å². The summed E-state index contributed by atoms with van der Waals surface area (Å²) in [6.45, 7) is 3.95. The number of nitrogen functional groups attached to an aromatic ring is 1. The number of ether oxygens (including phenoxy) is 1. The fraction of sp³-hybridized carbons (Fsp3) is 0.333. The van der Waals surface area contributed by atoms with Crippen LogP contribution >= 0.6 is 0 Å². The lowest BCUT2D eigenvalue weighted by Crippen LogP contribution is -2.38. The van der Waals surface area contributed by atoms with E-state index in [2.05, 4.69) is 0 Å². The number of likely N-dealkylation sites (N-methyl/N-ethyl adjacent to an activating group) is 1. The predicted molar refractivity (Wildman–Crippen MR) is 106 cm³/mol. The number of hydrogen-bond donors (Lipinski definition) is 1. The predicted octanol–water partition coefficient (Wildman–Crippen LogP) is 4.13. The summed E-state index contributed by atoms with van der Waals surface area (Å²) >= 11 is 0. The SMILES string of the molecule is CC.CN(C)C(=O)C(F)(F)c1ccc2c(c1)OC(=O)N(Cc1cccc(N)c1F)C2. The van der Waals surface area contributed by atoms with Crippen molar-refractivity contribution in [3.8, 4) is 5.75 Å². The van der Waals surface area contributed by atoms with Crippen molar-refractivity contribution in [3.63, 3.8) is 0 Å². The van der Waals surface area contributed by atoms with Crippen LogP contribution in [-0.4, -0.2) is 35.9 Å². The van der Waals surface area contributed by atoms with Crippen LogP contribution in [0.4, 0.5) is 23.7 Å². The average molecular weight is 423 g/mol. The van der Waals surface area contributed by atoms with E-state index in [9.17, 15) is 22.8 Å². The highest BCUT2D eigenvalue weighted by Gasteiger charge is 2.43. The number of carbonyl (C=O) groups excluding carboxylic acids is 2. The van der Waals surface area contributed by atoms with Crippen molar-refractivity contribution < 1.29 is 27.5 Å². The third-order valence-electron chi connectivity index (χ3n) is 4.39. The Bertz CT molecular complexity index is 948. The molecule has 2 N–H and O–H groups in total. The molecule has 0 bridgehead atoms. The fourth-order valence-electron chi connectivity index (χ4n) is 2.86. The second-order valence-corrected chi connectivity index (χ2v) is 6.64. The van der Waals surface area contributed by atoms with Crippen molar-refractivity contribution in [3.05, 3.63) is 58.9 Å². The molecule has 1 aliphatic heterocycles. The minimum atomic E-state index is -3.76. The summed E-state index contributed by atoms with van der Waals surface area (Å²) in [5.41, 5.74) is 5.58. The van der Waals surface area contributed by atoms with Gasteiger partial charge in [0.05, 0.1) is 18.8 Å². The first-order valence-corrected chi connectivity index (χ1v) is 9.34. The molecular formula is C21H24F3N3O3. The lowest BCUT2D eigenvalue weighted by molar-refractivity contribution is -0.156. The Kier molecular flexibility index (Phi) is 6.96. The second kappa shape index (κ2) is 9.06. The molecule has 0 unspecified atom stereocenters. The van der Waals surface area contributed by atoms with Crippen LogP contribution in [0.5, 0.6) is 5.75 Å². The maximum absolute atomic E-state index is 14.3. The number of benzene rings is 2. The van der Waals surface area contributed by atoms with Crippen LogP contribution in [0.15, 0.2) is 36.4 Å². The number of rotatable bonds is 4. The van der Waals surface area contributed by atoms with E-state index in [-0.39, 0.29) is 30.1 Å².